The van der Waals surface area contributed by atoms with E-state index in [1.165, 1.54) is 29.9 Å². The van der Waals surface area contributed by atoms with E-state index in [9.17, 15) is 14.0 Å². The zero-order chi connectivity index (χ0) is 23.7. The lowest BCUT2D eigenvalue weighted by Gasteiger charge is -2.18. The highest BCUT2D eigenvalue weighted by Gasteiger charge is 2.39. The van der Waals surface area contributed by atoms with Gasteiger partial charge >= 0.3 is 0 Å². The van der Waals surface area contributed by atoms with Crippen molar-refractivity contribution in [3.63, 3.8) is 0 Å². The number of carbonyl (C=O) groups is 2. The predicted octanol–water partition coefficient (Wildman–Crippen LogP) is 5.13. The van der Waals surface area contributed by atoms with E-state index in [0.29, 0.717) is 16.7 Å². The summed E-state index contributed by atoms with van der Waals surface area (Å²) in [6.07, 6.45) is 2.40. The van der Waals surface area contributed by atoms with Crippen molar-refractivity contribution in [3.8, 4) is 0 Å². The van der Waals surface area contributed by atoms with Gasteiger partial charge in [0, 0.05) is 24.5 Å². The second-order valence-electron chi connectivity index (χ2n) is 8.80. The van der Waals surface area contributed by atoms with Crippen LogP contribution in [0.2, 0.25) is 0 Å². The third-order valence-electron chi connectivity index (χ3n) is 6.37. The zero-order valence-electron chi connectivity index (χ0n) is 19.1. The summed E-state index contributed by atoms with van der Waals surface area (Å²) in [4.78, 5) is 30.4. The molecule has 0 spiro atoms. The van der Waals surface area contributed by atoms with Crippen LogP contribution in [0, 0.1) is 12.7 Å². The fourth-order valence-electron chi connectivity index (χ4n) is 4.47. The number of nitrogens with one attached hydrogen (secondary N) is 1. The third-order valence-corrected chi connectivity index (χ3v) is 6.37. The molecule has 3 aromatic carbocycles. The van der Waals surface area contributed by atoms with E-state index in [4.69, 9.17) is 0 Å². The minimum atomic E-state index is -0.395. The normalized spacial score (nSPS) is 16.1. The first-order valence-electron chi connectivity index (χ1n) is 11.5. The SMILES string of the molecule is Cc1ccc(C2=C(Nc3ccc(N4CCCC4)cc3)C(=O)N(Cc3ccc(F)cc3)C2=O)cc1. The first kappa shape index (κ1) is 21.9. The molecule has 0 saturated carbocycles. The fourth-order valence-corrected chi connectivity index (χ4v) is 4.47. The Morgan fingerprint density at radius 2 is 1.47 bits per heavy atom. The molecule has 5 nitrogen and oxygen atoms in total. The van der Waals surface area contributed by atoms with Crippen molar-refractivity contribution in [2.75, 3.05) is 23.3 Å². The first-order valence-corrected chi connectivity index (χ1v) is 11.5. The molecule has 2 amide bonds. The van der Waals surface area contributed by atoms with Crippen LogP contribution in [0.25, 0.3) is 5.57 Å². The lowest BCUT2D eigenvalue weighted by atomic mass is 10.0. The molecule has 0 bridgehead atoms. The first-order chi connectivity index (χ1) is 16.5. The zero-order valence-corrected chi connectivity index (χ0v) is 19.1. The average molecular weight is 456 g/mol. The molecule has 2 heterocycles. The van der Waals surface area contributed by atoms with Crippen molar-refractivity contribution in [1.82, 2.24) is 4.90 Å². The summed E-state index contributed by atoms with van der Waals surface area (Å²) < 4.78 is 13.3. The number of carbonyl (C=O) groups excluding carboxylic acids is 2. The number of anilines is 2. The summed E-state index contributed by atoms with van der Waals surface area (Å²) >= 11 is 0. The van der Waals surface area contributed by atoms with E-state index in [2.05, 4.69) is 10.2 Å². The van der Waals surface area contributed by atoms with Gasteiger partial charge in [0.15, 0.2) is 0 Å². The van der Waals surface area contributed by atoms with Gasteiger partial charge in [-0.2, -0.15) is 0 Å². The van der Waals surface area contributed by atoms with Gasteiger partial charge in [0.1, 0.15) is 11.5 Å². The van der Waals surface area contributed by atoms with Gasteiger partial charge in [-0.05, 0) is 67.3 Å². The number of aryl methyl sites for hydroxylation is 1. The van der Waals surface area contributed by atoms with Crippen LogP contribution in [-0.4, -0.2) is 29.8 Å². The van der Waals surface area contributed by atoms with E-state index >= 15 is 0 Å². The van der Waals surface area contributed by atoms with Gasteiger partial charge in [-0.3, -0.25) is 14.5 Å². The van der Waals surface area contributed by atoms with Crippen molar-refractivity contribution < 1.29 is 14.0 Å². The summed E-state index contributed by atoms with van der Waals surface area (Å²) in [6.45, 7) is 4.16. The van der Waals surface area contributed by atoms with E-state index in [-0.39, 0.29) is 24.0 Å². The number of rotatable bonds is 6. The second-order valence-corrected chi connectivity index (χ2v) is 8.80. The average Bonchev–Trinajstić information content (AvgIpc) is 3.46. The quantitative estimate of drug-likeness (QED) is 0.524. The van der Waals surface area contributed by atoms with E-state index in [1.54, 1.807) is 12.1 Å². The number of imide groups is 1. The Kier molecular flexibility index (Phi) is 5.88. The molecule has 0 unspecified atom stereocenters. The van der Waals surface area contributed by atoms with Crippen LogP contribution in [0.5, 0.6) is 0 Å². The van der Waals surface area contributed by atoms with Crippen LogP contribution in [0.3, 0.4) is 0 Å². The summed E-state index contributed by atoms with van der Waals surface area (Å²) in [6, 6.07) is 21.3. The lowest BCUT2D eigenvalue weighted by molar-refractivity contribution is -0.137. The maximum absolute atomic E-state index is 13.4. The Hall–Kier alpha value is -3.93. The van der Waals surface area contributed by atoms with E-state index in [0.717, 1.165) is 30.0 Å². The summed E-state index contributed by atoms with van der Waals surface area (Å²) in [5.74, 6) is -1.12. The highest BCUT2D eigenvalue weighted by Crippen LogP contribution is 2.32. The Bertz CT molecular complexity index is 1240. The number of hydrogen-bond donors (Lipinski definition) is 1. The van der Waals surface area contributed by atoms with Crippen molar-refractivity contribution in [2.24, 2.45) is 0 Å². The summed E-state index contributed by atoms with van der Waals surface area (Å²) in [7, 11) is 0. The molecule has 0 aliphatic carbocycles. The van der Waals surface area contributed by atoms with Gasteiger partial charge in [0.25, 0.3) is 11.8 Å². The summed E-state index contributed by atoms with van der Waals surface area (Å²) in [5.41, 5.74) is 4.93. The summed E-state index contributed by atoms with van der Waals surface area (Å²) in [5, 5.41) is 3.22. The van der Waals surface area contributed by atoms with Gasteiger partial charge in [0.05, 0.1) is 12.1 Å². The fraction of sp³-hybridized carbons (Fsp3) is 0.214. The van der Waals surface area contributed by atoms with Crippen LogP contribution in [0.4, 0.5) is 15.8 Å². The molecule has 3 aromatic rings. The standard InChI is InChI=1S/C28H26FN3O2/c1-19-4-8-21(9-5-19)25-26(30-23-12-14-24(15-13-23)31-16-2-3-17-31)28(34)32(27(25)33)18-20-6-10-22(29)11-7-20/h4-15,30H,2-3,16-18H2,1H3. The number of hydrogen-bond acceptors (Lipinski definition) is 4. The predicted molar refractivity (Wildman–Crippen MR) is 132 cm³/mol. The van der Waals surface area contributed by atoms with Gasteiger partial charge in [-0.25, -0.2) is 4.39 Å². The minimum absolute atomic E-state index is 0.0758. The molecule has 172 valence electrons. The number of nitrogens with zero attached hydrogens (tertiary/aromatic N) is 2. The van der Waals surface area contributed by atoms with E-state index < -0.39 is 5.91 Å². The highest BCUT2D eigenvalue weighted by molar-refractivity contribution is 6.36. The molecule has 1 N–H and O–H groups in total. The minimum Gasteiger partial charge on any atom is -0.372 e. The molecule has 1 saturated heterocycles. The smallest absolute Gasteiger partial charge is 0.278 e. The molecule has 5 rings (SSSR count). The van der Waals surface area contributed by atoms with Gasteiger partial charge in [0.2, 0.25) is 0 Å². The molecule has 1 fully saturated rings. The van der Waals surface area contributed by atoms with Crippen molar-refractivity contribution in [2.45, 2.75) is 26.3 Å². The Morgan fingerprint density at radius 3 is 2.12 bits per heavy atom. The molecule has 0 radical (unpaired) electrons. The number of amides is 2. The maximum Gasteiger partial charge on any atom is 0.278 e. The Balaban J connectivity index is 1.46. The molecule has 2 aliphatic heterocycles. The largest absolute Gasteiger partial charge is 0.372 e. The van der Waals surface area contributed by atoms with Gasteiger partial charge in [-0.1, -0.05) is 42.0 Å². The molecule has 0 aromatic heterocycles. The number of halogens is 1. The van der Waals surface area contributed by atoms with Gasteiger partial charge < -0.3 is 10.2 Å². The molecule has 34 heavy (non-hydrogen) atoms. The van der Waals surface area contributed by atoms with Crippen molar-refractivity contribution in [1.29, 1.82) is 0 Å². The molecule has 6 heteroatoms. The Morgan fingerprint density at radius 1 is 0.824 bits per heavy atom. The van der Waals surface area contributed by atoms with Crippen molar-refractivity contribution in [3.05, 3.63) is 101 Å². The lowest BCUT2D eigenvalue weighted by Crippen LogP contribution is -2.32. The van der Waals surface area contributed by atoms with Crippen LogP contribution >= 0.6 is 0 Å². The van der Waals surface area contributed by atoms with Crippen LogP contribution in [-0.2, 0) is 16.1 Å². The maximum atomic E-state index is 13.4. The Labute approximate surface area is 198 Å². The van der Waals surface area contributed by atoms with E-state index in [1.807, 2.05) is 55.5 Å². The van der Waals surface area contributed by atoms with Crippen molar-refractivity contribution >= 4 is 28.8 Å². The number of benzene rings is 3. The monoisotopic (exact) mass is 455 g/mol. The highest BCUT2D eigenvalue weighted by atomic mass is 19.1. The third kappa shape index (κ3) is 4.31. The van der Waals surface area contributed by atoms with Gasteiger partial charge in [-0.15, -0.1) is 0 Å². The molecule has 0 atom stereocenters. The van der Waals surface area contributed by atoms with Crippen LogP contribution in [0.15, 0.2) is 78.5 Å². The topological polar surface area (TPSA) is 52.7 Å². The second kappa shape index (κ2) is 9.14. The molecular formula is C28H26FN3O2. The van der Waals surface area contributed by atoms with Crippen LogP contribution in [0.1, 0.15) is 29.5 Å². The van der Waals surface area contributed by atoms with Crippen LogP contribution < -0.4 is 10.2 Å². The molecular weight excluding hydrogens is 429 g/mol. The molecule has 2 aliphatic rings.